The number of benzene rings is 1. The van der Waals surface area contributed by atoms with Crippen molar-refractivity contribution in [3.8, 4) is 11.1 Å². The Morgan fingerprint density at radius 1 is 0.764 bits per heavy atom. The van der Waals surface area contributed by atoms with Crippen molar-refractivity contribution >= 4 is 58.4 Å². The van der Waals surface area contributed by atoms with Crippen LogP contribution < -0.4 is 25.3 Å². The molecule has 7 aliphatic rings. The molecule has 372 valence electrons. The fourth-order valence-corrected chi connectivity index (χ4v) is 13.3. The van der Waals surface area contributed by atoms with Gasteiger partial charge in [0.1, 0.15) is 29.2 Å². The van der Waals surface area contributed by atoms with Gasteiger partial charge < -0.3 is 24.8 Å². The second-order valence-corrected chi connectivity index (χ2v) is 21.8. The summed E-state index contributed by atoms with van der Waals surface area (Å²) in [6, 6.07) is 16.6. The van der Waals surface area contributed by atoms with Gasteiger partial charge in [-0.15, -0.1) is 0 Å². The summed E-state index contributed by atoms with van der Waals surface area (Å²) in [5.74, 6) is 0.266. The van der Waals surface area contributed by atoms with Crippen LogP contribution in [0.4, 0.5) is 28.8 Å². The minimum atomic E-state index is -0.978. The highest BCUT2D eigenvalue weighted by atomic mass is 16.3. The fourth-order valence-electron chi connectivity index (χ4n) is 13.3. The van der Waals surface area contributed by atoms with Crippen LogP contribution in [0.1, 0.15) is 114 Å². The molecule has 0 spiro atoms. The lowest BCUT2D eigenvalue weighted by Crippen LogP contribution is -2.66. The van der Waals surface area contributed by atoms with Crippen molar-refractivity contribution in [2.45, 2.75) is 109 Å². The van der Waals surface area contributed by atoms with Crippen molar-refractivity contribution in [2.24, 2.45) is 11.3 Å². The van der Waals surface area contributed by atoms with Gasteiger partial charge in [0.05, 0.1) is 29.6 Å². The Labute approximate surface area is 418 Å². The Kier molecular flexibility index (Phi) is 11.3. The largest absolute Gasteiger partial charge is 0.392 e. The van der Waals surface area contributed by atoms with E-state index in [4.69, 9.17) is 4.98 Å². The molecule has 1 unspecified atom stereocenters. The second kappa shape index (κ2) is 17.7. The second-order valence-electron chi connectivity index (χ2n) is 21.8. The van der Waals surface area contributed by atoms with E-state index >= 15 is 0 Å². The average Bonchev–Trinajstić information content (AvgIpc) is 3.95. The first-order valence-corrected chi connectivity index (χ1v) is 25.7. The number of carbonyl (C=O) groups is 5. The van der Waals surface area contributed by atoms with Crippen molar-refractivity contribution in [2.75, 3.05) is 59.3 Å². The number of piperidine rings is 2. The number of rotatable bonds is 10. The monoisotopic (exact) mass is 971 g/mol. The Morgan fingerprint density at radius 2 is 1.56 bits per heavy atom. The molecule has 5 amide bonds. The molecule has 4 aromatic heterocycles. The summed E-state index contributed by atoms with van der Waals surface area (Å²) in [7, 11) is 0. The van der Waals surface area contributed by atoms with Gasteiger partial charge in [-0.1, -0.05) is 13.8 Å². The van der Waals surface area contributed by atoms with E-state index in [-0.39, 0.29) is 48.3 Å². The standard InChI is InChI=1S/C55H61N11O6/c1-33-31-62(55(15-4-16-55)36-13-19-61(20-14-36)37-5-7-40-41(27-37)52(71)66(51(40)70)43-8-10-48(68)60-50(43)69)21-22-63(33)38-6-9-46(58-30-38)59-47-26-34(11-17-56-47)39-12-18-57-49(42(39)32-67)65-24-23-64-44(53(65)72)25-35-28-54(2,3)29-45(35)64/h5-7,9,11-12,17-18,25-27,30,33,36,43,67H,4,8,10,13-16,19-24,28-29,31-32H2,1-3H3,(H,56,58,59)(H,60,68,69)/t33-,43?/m0/s1. The van der Waals surface area contributed by atoms with Crippen LogP contribution in [0.3, 0.4) is 0 Å². The van der Waals surface area contributed by atoms with Crippen LogP contribution in [-0.2, 0) is 35.6 Å². The van der Waals surface area contributed by atoms with E-state index in [2.05, 4.69) is 72.8 Å². The molecule has 1 aromatic carbocycles. The minimum absolute atomic E-state index is 0.0911. The number of pyridine rings is 3. The fraction of sp³-hybridized carbons (Fsp3) is 0.455. The van der Waals surface area contributed by atoms with Crippen LogP contribution in [0.15, 0.2) is 73.2 Å². The van der Waals surface area contributed by atoms with Gasteiger partial charge in [0, 0.05) is 93.2 Å². The highest BCUT2D eigenvalue weighted by Gasteiger charge is 2.51. The predicted molar refractivity (Wildman–Crippen MR) is 271 cm³/mol. The van der Waals surface area contributed by atoms with E-state index in [0.29, 0.717) is 58.8 Å². The molecular formula is C55H61N11O6. The van der Waals surface area contributed by atoms with Crippen LogP contribution in [0.25, 0.3) is 11.1 Å². The summed E-state index contributed by atoms with van der Waals surface area (Å²) < 4.78 is 2.19. The molecule has 4 fully saturated rings. The number of fused-ring (bicyclic) bond motifs is 4. The van der Waals surface area contributed by atoms with Crippen LogP contribution in [0.5, 0.6) is 0 Å². The van der Waals surface area contributed by atoms with Gasteiger partial charge in [-0.3, -0.25) is 44.0 Å². The SMILES string of the molecule is C[C@H]1CN(C2(C3CCN(c4ccc5c(c4)C(=O)N(C4CCC(=O)NC4=O)C5=O)CC3)CCC2)CCN1c1ccc(Nc2cc(-c3ccnc(N4CCn5c(cc6c5CC(C)(C)C6)C4=O)c3CO)ccn2)nc1. The number of carbonyl (C=O) groups excluding carboxylic acids is 5. The molecule has 5 aliphatic heterocycles. The summed E-state index contributed by atoms with van der Waals surface area (Å²) in [6.07, 6.45) is 13.2. The first kappa shape index (κ1) is 46.1. The molecule has 1 saturated carbocycles. The van der Waals surface area contributed by atoms with Gasteiger partial charge in [0.2, 0.25) is 11.8 Å². The number of hydrogen-bond donors (Lipinski definition) is 3. The van der Waals surface area contributed by atoms with Crippen molar-refractivity contribution in [3.05, 3.63) is 107 Å². The zero-order chi connectivity index (χ0) is 49.6. The molecule has 17 heteroatoms. The minimum Gasteiger partial charge on any atom is -0.392 e. The number of nitrogens with one attached hydrogen (secondary N) is 2. The number of aromatic nitrogens is 4. The molecule has 17 nitrogen and oxygen atoms in total. The third kappa shape index (κ3) is 7.74. The maximum absolute atomic E-state index is 14.0. The molecule has 3 N–H and O–H groups in total. The molecular weight excluding hydrogens is 911 g/mol. The summed E-state index contributed by atoms with van der Waals surface area (Å²) in [5, 5.41) is 16.4. The number of anilines is 5. The Hall–Kier alpha value is -6.98. The summed E-state index contributed by atoms with van der Waals surface area (Å²) in [4.78, 5) is 89.5. The van der Waals surface area contributed by atoms with Crippen molar-refractivity contribution in [3.63, 3.8) is 0 Å². The molecule has 2 aliphatic carbocycles. The van der Waals surface area contributed by atoms with Gasteiger partial charge in [-0.2, -0.15) is 0 Å². The number of amides is 5. The van der Waals surface area contributed by atoms with E-state index in [0.717, 1.165) is 85.8 Å². The van der Waals surface area contributed by atoms with E-state index in [1.165, 1.54) is 30.5 Å². The smallest absolute Gasteiger partial charge is 0.276 e. The quantitative estimate of drug-likeness (QED) is 0.136. The maximum atomic E-state index is 14.0. The van der Waals surface area contributed by atoms with E-state index in [1.807, 2.05) is 42.6 Å². The number of imide groups is 2. The molecule has 5 aromatic rings. The molecule has 2 atom stereocenters. The zero-order valence-corrected chi connectivity index (χ0v) is 41.2. The number of aliphatic hydroxyl groups excluding tert-OH is 1. The normalized spacial score (nSPS) is 23.0. The van der Waals surface area contributed by atoms with Crippen LogP contribution >= 0.6 is 0 Å². The Morgan fingerprint density at radius 3 is 2.29 bits per heavy atom. The van der Waals surface area contributed by atoms with E-state index in [1.54, 1.807) is 23.4 Å². The summed E-state index contributed by atoms with van der Waals surface area (Å²) in [6.45, 7) is 12.3. The van der Waals surface area contributed by atoms with Crippen molar-refractivity contribution in [1.29, 1.82) is 0 Å². The lowest BCUT2D eigenvalue weighted by molar-refractivity contribution is -0.136. The van der Waals surface area contributed by atoms with Gasteiger partial charge in [0.15, 0.2) is 0 Å². The average molecular weight is 972 g/mol. The molecule has 12 rings (SSSR count). The van der Waals surface area contributed by atoms with Crippen LogP contribution in [0, 0.1) is 11.3 Å². The zero-order valence-electron chi connectivity index (χ0n) is 41.2. The third-order valence-corrected chi connectivity index (χ3v) is 17.0. The van der Waals surface area contributed by atoms with Crippen LogP contribution in [-0.4, -0.2) is 121 Å². The number of hydrogen-bond acceptors (Lipinski definition) is 13. The summed E-state index contributed by atoms with van der Waals surface area (Å²) >= 11 is 0. The lowest BCUT2D eigenvalue weighted by atomic mass is 9.63. The summed E-state index contributed by atoms with van der Waals surface area (Å²) in [5.41, 5.74) is 8.42. The molecule has 3 saturated heterocycles. The molecule has 72 heavy (non-hydrogen) atoms. The van der Waals surface area contributed by atoms with Crippen molar-refractivity contribution < 1.29 is 29.1 Å². The van der Waals surface area contributed by atoms with Crippen LogP contribution in [0.2, 0.25) is 0 Å². The Bertz CT molecular complexity index is 3050. The first-order valence-electron chi connectivity index (χ1n) is 25.7. The predicted octanol–water partition coefficient (Wildman–Crippen LogP) is 6.11. The van der Waals surface area contributed by atoms with Gasteiger partial charge >= 0.3 is 0 Å². The number of nitrogens with zero attached hydrogens (tertiary/aromatic N) is 9. The lowest BCUT2D eigenvalue weighted by Gasteiger charge is -2.59. The molecule has 9 heterocycles. The number of piperazine rings is 1. The van der Waals surface area contributed by atoms with Gasteiger partial charge in [-0.25, -0.2) is 15.0 Å². The highest BCUT2D eigenvalue weighted by molar-refractivity contribution is 6.23. The topological polar surface area (TPSA) is 189 Å². The highest BCUT2D eigenvalue weighted by Crippen LogP contribution is 2.49. The maximum Gasteiger partial charge on any atom is 0.276 e. The first-order chi connectivity index (χ1) is 34.8. The Balaban J connectivity index is 0.670. The van der Waals surface area contributed by atoms with Gasteiger partial charge in [0.25, 0.3) is 17.7 Å². The third-order valence-electron chi connectivity index (χ3n) is 17.0. The van der Waals surface area contributed by atoms with E-state index < -0.39 is 23.8 Å². The van der Waals surface area contributed by atoms with Gasteiger partial charge in [-0.05, 0) is 141 Å². The number of aliphatic hydroxyl groups is 1. The molecule has 0 radical (unpaired) electrons. The molecule has 0 bridgehead atoms. The van der Waals surface area contributed by atoms with E-state index in [9.17, 15) is 29.1 Å². The van der Waals surface area contributed by atoms with Crippen molar-refractivity contribution in [1.82, 2.24) is 34.6 Å².